The zero-order valence-electron chi connectivity index (χ0n) is 17.0. The van der Waals surface area contributed by atoms with Crippen LogP contribution in [0.5, 0.6) is 0 Å². The van der Waals surface area contributed by atoms with Crippen molar-refractivity contribution in [2.75, 3.05) is 13.1 Å². The summed E-state index contributed by atoms with van der Waals surface area (Å²) in [5.41, 5.74) is 2.77. The number of hydrogen-bond donors (Lipinski definition) is 1. The summed E-state index contributed by atoms with van der Waals surface area (Å²) in [5, 5.41) is 3.22. The smallest absolute Gasteiger partial charge is 0.269 e. The highest BCUT2D eigenvalue weighted by Gasteiger charge is 2.20. The van der Waals surface area contributed by atoms with Gasteiger partial charge in [0.05, 0.1) is 16.6 Å². The summed E-state index contributed by atoms with van der Waals surface area (Å²) in [4.78, 5) is 8.64. The highest BCUT2D eigenvalue weighted by atomic mass is 32.2. The third-order valence-electron chi connectivity index (χ3n) is 4.57. The van der Waals surface area contributed by atoms with Crippen LogP contribution in [0.3, 0.4) is 0 Å². The minimum atomic E-state index is -3.67. The van der Waals surface area contributed by atoms with Crippen LogP contribution in [0.4, 0.5) is 0 Å². The standard InChI is InChI=1S/C15H12N4O2S.C4H9N.C2H6/c1-11-2-4-12(5-3-11)22(20,21)19-8-6-13-15(19)17-10-14-16-7-9-18(13)14;1-2-4-5-3-1;1-2/h2-10H,1H3;5H,1-4H2;1-2H3. The van der Waals surface area contributed by atoms with Crippen molar-refractivity contribution in [3.63, 3.8) is 0 Å². The maximum absolute atomic E-state index is 12.8. The minimum Gasteiger partial charge on any atom is -0.317 e. The Morgan fingerprint density at radius 1 is 0.966 bits per heavy atom. The average molecular weight is 414 g/mol. The number of rotatable bonds is 2. The molecule has 0 spiro atoms. The Morgan fingerprint density at radius 2 is 1.66 bits per heavy atom. The molecular formula is C21H27N5O2S. The highest BCUT2D eigenvalue weighted by Crippen LogP contribution is 2.21. The van der Waals surface area contributed by atoms with Gasteiger partial charge in [-0.2, -0.15) is 0 Å². The van der Waals surface area contributed by atoms with E-state index < -0.39 is 10.0 Å². The first kappa shape index (κ1) is 21.0. The van der Waals surface area contributed by atoms with Gasteiger partial charge in [0.25, 0.3) is 10.0 Å². The van der Waals surface area contributed by atoms with Crippen LogP contribution >= 0.6 is 0 Å². The second kappa shape index (κ2) is 9.19. The number of hydrogen-bond acceptors (Lipinski definition) is 5. The Hall–Kier alpha value is -2.71. The van der Waals surface area contributed by atoms with Crippen LogP contribution in [0.25, 0.3) is 16.8 Å². The van der Waals surface area contributed by atoms with Crippen molar-refractivity contribution in [1.29, 1.82) is 0 Å². The molecule has 1 saturated heterocycles. The summed E-state index contributed by atoms with van der Waals surface area (Å²) in [5.74, 6) is 0. The summed E-state index contributed by atoms with van der Waals surface area (Å²) >= 11 is 0. The van der Waals surface area contributed by atoms with Gasteiger partial charge in [0.15, 0.2) is 11.3 Å². The largest absolute Gasteiger partial charge is 0.317 e. The van der Waals surface area contributed by atoms with Gasteiger partial charge in [-0.25, -0.2) is 22.4 Å². The molecule has 5 rings (SSSR count). The Morgan fingerprint density at radius 3 is 2.28 bits per heavy atom. The lowest BCUT2D eigenvalue weighted by Crippen LogP contribution is -2.12. The first-order valence-electron chi connectivity index (χ1n) is 9.89. The molecule has 3 aromatic heterocycles. The number of benzene rings is 1. The van der Waals surface area contributed by atoms with E-state index in [1.54, 1.807) is 48.9 Å². The average Bonchev–Trinajstić information content (AvgIpc) is 3.51. The summed E-state index contributed by atoms with van der Waals surface area (Å²) in [7, 11) is -3.67. The molecule has 7 nitrogen and oxygen atoms in total. The number of aryl methyl sites for hydroxylation is 1. The van der Waals surface area contributed by atoms with Crippen molar-refractivity contribution in [3.8, 4) is 0 Å². The number of fused-ring (bicyclic) bond motifs is 3. The van der Waals surface area contributed by atoms with E-state index in [4.69, 9.17) is 0 Å². The minimum absolute atomic E-state index is 0.239. The molecule has 154 valence electrons. The molecule has 1 aliphatic heterocycles. The van der Waals surface area contributed by atoms with E-state index in [9.17, 15) is 8.42 Å². The van der Waals surface area contributed by atoms with Crippen LogP contribution in [0.1, 0.15) is 32.3 Å². The van der Waals surface area contributed by atoms with Crippen molar-refractivity contribution >= 4 is 26.8 Å². The van der Waals surface area contributed by atoms with Gasteiger partial charge in [-0.15, -0.1) is 0 Å². The van der Waals surface area contributed by atoms with Gasteiger partial charge in [-0.3, -0.25) is 4.40 Å². The Balaban J connectivity index is 0.000000296. The fraction of sp³-hybridized carbons (Fsp3) is 0.333. The Kier molecular flexibility index (Phi) is 6.66. The van der Waals surface area contributed by atoms with Gasteiger partial charge in [0.1, 0.15) is 0 Å². The summed E-state index contributed by atoms with van der Waals surface area (Å²) in [6.45, 7) is 8.42. The maximum atomic E-state index is 12.8. The highest BCUT2D eigenvalue weighted by molar-refractivity contribution is 7.90. The molecule has 0 radical (unpaired) electrons. The molecule has 1 aromatic carbocycles. The lowest BCUT2D eigenvalue weighted by molar-refractivity contribution is 0.588. The summed E-state index contributed by atoms with van der Waals surface area (Å²) in [6.07, 6.45) is 9.29. The molecule has 29 heavy (non-hydrogen) atoms. The van der Waals surface area contributed by atoms with Crippen LogP contribution in [-0.2, 0) is 10.0 Å². The molecule has 1 aliphatic rings. The lowest BCUT2D eigenvalue weighted by Gasteiger charge is -2.07. The molecule has 4 aromatic rings. The van der Waals surface area contributed by atoms with Crippen LogP contribution in [0, 0.1) is 6.92 Å². The van der Waals surface area contributed by atoms with E-state index in [2.05, 4.69) is 15.3 Å². The summed E-state index contributed by atoms with van der Waals surface area (Å²) in [6, 6.07) is 8.49. The molecule has 0 saturated carbocycles. The SMILES string of the molecule is C1CCNC1.CC.Cc1ccc(S(=O)(=O)n2ccc3c2ncc2nccn23)cc1. The molecule has 4 heterocycles. The fourth-order valence-corrected chi connectivity index (χ4v) is 4.38. The number of aromatic nitrogens is 4. The monoisotopic (exact) mass is 413 g/mol. The molecule has 0 atom stereocenters. The van der Waals surface area contributed by atoms with Crippen LogP contribution in [0.15, 0.2) is 60.0 Å². The molecule has 1 N–H and O–H groups in total. The molecule has 0 aliphatic carbocycles. The summed E-state index contributed by atoms with van der Waals surface area (Å²) < 4.78 is 28.6. The Bertz CT molecular complexity index is 1170. The van der Waals surface area contributed by atoms with Crippen LogP contribution in [-0.4, -0.2) is 39.8 Å². The molecule has 0 unspecified atom stereocenters. The molecule has 0 amide bonds. The third kappa shape index (κ3) is 4.33. The maximum Gasteiger partial charge on any atom is 0.269 e. The van der Waals surface area contributed by atoms with Crippen LogP contribution in [0.2, 0.25) is 0 Å². The lowest BCUT2D eigenvalue weighted by atomic mass is 10.2. The second-order valence-corrected chi connectivity index (χ2v) is 8.32. The van der Waals surface area contributed by atoms with Crippen LogP contribution < -0.4 is 5.32 Å². The van der Waals surface area contributed by atoms with Crippen molar-refractivity contribution in [2.45, 2.75) is 38.5 Å². The predicted molar refractivity (Wildman–Crippen MR) is 116 cm³/mol. The van der Waals surface area contributed by atoms with E-state index in [-0.39, 0.29) is 4.90 Å². The van der Waals surface area contributed by atoms with Gasteiger partial charge < -0.3 is 5.32 Å². The van der Waals surface area contributed by atoms with Gasteiger partial charge >= 0.3 is 0 Å². The molecule has 0 bridgehead atoms. The van der Waals surface area contributed by atoms with Crippen molar-refractivity contribution in [2.24, 2.45) is 0 Å². The van der Waals surface area contributed by atoms with E-state index in [1.807, 2.05) is 25.2 Å². The van der Waals surface area contributed by atoms with Crippen molar-refractivity contribution in [1.82, 2.24) is 23.7 Å². The topological polar surface area (TPSA) is 81.3 Å². The fourth-order valence-electron chi connectivity index (χ4n) is 3.08. The van der Waals surface area contributed by atoms with E-state index in [0.29, 0.717) is 16.8 Å². The zero-order valence-corrected chi connectivity index (χ0v) is 17.9. The van der Waals surface area contributed by atoms with Crippen molar-refractivity contribution in [3.05, 3.63) is 60.7 Å². The first-order valence-corrected chi connectivity index (χ1v) is 11.3. The molecule has 1 fully saturated rings. The quantitative estimate of drug-likeness (QED) is 0.543. The molecular weight excluding hydrogens is 386 g/mol. The van der Waals surface area contributed by atoms with E-state index in [1.165, 1.54) is 36.1 Å². The van der Waals surface area contributed by atoms with Gasteiger partial charge in [-0.05, 0) is 51.1 Å². The number of imidazole rings is 1. The predicted octanol–water partition coefficient (Wildman–Crippen LogP) is 3.63. The van der Waals surface area contributed by atoms with E-state index >= 15 is 0 Å². The third-order valence-corrected chi connectivity index (χ3v) is 6.25. The number of nitrogens with one attached hydrogen (secondary N) is 1. The normalized spacial score (nSPS) is 13.6. The number of nitrogens with zero attached hydrogens (tertiary/aromatic N) is 4. The van der Waals surface area contributed by atoms with Crippen molar-refractivity contribution < 1.29 is 8.42 Å². The first-order chi connectivity index (χ1) is 14.1. The van der Waals surface area contributed by atoms with E-state index in [0.717, 1.165) is 5.56 Å². The zero-order chi connectivity index (χ0) is 20.9. The molecule has 8 heteroatoms. The Labute approximate surface area is 171 Å². The van der Waals surface area contributed by atoms with Gasteiger partial charge in [-0.1, -0.05) is 31.5 Å². The van der Waals surface area contributed by atoms with Gasteiger partial charge in [0.2, 0.25) is 0 Å². The van der Waals surface area contributed by atoms with Gasteiger partial charge in [0, 0.05) is 18.6 Å². The second-order valence-electron chi connectivity index (χ2n) is 6.51.